The molecule has 198 valence electrons. The van der Waals surface area contributed by atoms with Crippen LogP contribution in [0.2, 0.25) is 0 Å². The molecule has 0 radical (unpaired) electrons. The number of quaternary nitrogens is 1. The fraction of sp³-hybridized carbons (Fsp3) is 0.250. The van der Waals surface area contributed by atoms with Crippen molar-refractivity contribution in [3.63, 3.8) is 0 Å². The van der Waals surface area contributed by atoms with Crippen LogP contribution in [0.25, 0.3) is 0 Å². The van der Waals surface area contributed by atoms with Crippen molar-refractivity contribution >= 4 is 28.7 Å². The van der Waals surface area contributed by atoms with Crippen molar-refractivity contribution in [3.8, 4) is 0 Å². The van der Waals surface area contributed by atoms with Crippen molar-refractivity contribution in [1.29, 1.82) is 0 Å². The Hall–Kier alpha value is -4.36. The van der Waals surface area contributed by atoms with Crippen LogP contribution < -0.4 is 14.3 Å². The van der Waals surface area contributed by atoms with Gasteiger partial charge in [-0.25, -0.2) is 9.97 Å². The van der Waals surface area contributed by atoms with E-state index in [1.807, 2.05) is 36.2 Å². The molecule has 39 heavy (non-hydrogen) atoms. The lowest BCUT2D eigenvalue weighted by atomic mass is 10.0. The number of para-hydroxylation sites is 2. The highest BCUT2D eigenvalue weighted by molar-refractivity contribution is 6.03. The van der Waals surface area contributed by atoms with E-state index in [1.54, 1.807) is 24.8 Å². The average molecular weight is 520 g/mol. The normalized spacial score (nSPS) is 14.4. The van der Waals surface area contributed by atoms with Crippen molar-refractivity contribution < 1.29 is 4.79 Å². The van der Waals surface area contributed by atoms with Crippen LogP contribution in [-0.2, 0) is 17.9 Å². The third-order valence-corrected chi connectivity index (χ3v) is 7.57. The van der Waals surface area contributed by atoms with E-state index in [2.05, 4.69) is 68.9 Å². The number of rotatable bonds is 9. The number of likely N-dealkylation sites (tertiary alicyclic amines) is 1. The second-order valence-electron chi connectivity index (χ2n) is 10.0. The van der Waals surface area contributed by atoms with Gasteiger partial charge in [0, 0.05) is 49.3 Å². The number of amides is 1. The third kappa shape index (κ3) is 5.89. The summed E-state index contributed by atoms with van der Waals surface area (Å²) in [6.07, 6.45) is 12.1. The quantitative estimate of drug-likeness (QED) is 0.199. The number of anilines is 3. The highest BCUT2D eigenvalue weighted by Gasteiger charge is 2.37. The summed E-state index contributed by atoms with van der Waals surface area (Å²) in [5.41, 5.74) is 5.22. The van der Waals surface area contributed by atoms with Crippen LogP contribution in [0.15, 0.2) is 104 Å². The van der Waals surface area contributed by atoms with Crippen LogP contribution in [0.1, 0.15) is 30.7 Å². The molecule has 5 rings (SSSR count). The molecule has 0 bridgehead atoms. The first-order valence-electron chi connectivity index (χ1n) is 13.5. The summed E-state index contributed by atoms with van der Waals surface area (Å²) in [6.45, 7) is 6.94. The summed E-state index contributed by atoms with van der Waals surface area (Å²) >= 11 is 0. The van der Waals surface area contributed by atoms with E-state index in [0.717, 1.165) is 64.6 Å². The van der Waals surface area contributed by atoms with E-state index in [1.165, 1.54) is 12.5 Å². The molecule has 0 spiro atoms. The fourth-order valence-corrected chi connectivity index (χ4v) is 5.49. The van der Waals surface area contributed by atoms with Gasteiger partial charge in [0.05, 0.1) is 19.6 Å². The average Bonchev–Trinajstić information content (AvgIpc) is 3.01. The van der Waals surface area contributed by atoms with Crippen molar-refractivity contribution in [2.45, 2.75) is 32.4 Å². The van der Waals surface area contributed by atoms with Gasteiger partial charge in [-0.05, 0) is 67.3 Å². The number of hydrogen-bond acceptors (Lipinski definition) is 5. The summed E-state index contributed by atoms with van der Waals surface area (Å²) in [4.78, 5) is 30.5. The minimum atomic E-state index is -0.119. The van der Waals surface area contributed by atoms with Crippen LogP contribution >= 0.6 is 0 Å². The van der Waals surface area contributed by atoms with E-state index in [4.69, 9.17) is 0 Å². The molecular formula is C32H35N6O+. The molecule has 0 N–H and O–H groups in total. The van der Waals surface area contributed by atoms with Crippen LogP contribution in [0, 0.1) is 0 Å². The molecule has 7 heteroatoms. The Bertz CT molecular complexity index is 1390. The Kier molecular flexibility index (Phi) is 8.08. The predicted octanol–water partition coefficient (Wildman–Crippen LogP) is 6.05. The minimum Gasteiger partial charge on any atom is -0.345 e. The lowest BCUT2D eigenvalue weighted by Crippen LogP contribution is -2.53. The standard InChI is InChI=1S/C32H35N6O/c1-3-32(39)37(24-26-12-14-27(15-13-26)36(2)28-16-20-33-21-17-28)29-10-5-6-11-30(29)38(22-7-4-8-23-38)25-31-34-18-9-19-35-31/h3,5-6,9-21H,1,4,7-8,22-25H2,2H3/q+1. The van der Waals surface area contributed by atoms with E-state index in [0.29, 0.717) is 13.1 Å². The summed E-state index contributed by atoms with van der Waals surface area (Å²) in [7, 11) is 2.03. The molecule has 1 fully saturated rings. The molecule has 1 amide bonds. The number of piperidine rings is 1. The number of pyridine rings is 1. The smallest absolute Gasteiger partial charge is 0.250 e. The van der Waals surface area contributed by atoms with E-state index in [9.17, 15) is 4.79 Å². The zero-order valence-electron chi connectivity index (χ0n) is 22.5. The molecule has 0 unspecified atom stereocenters. The van der Waals surface area contributed by atoms with Gasteiger partial charge in [-0.1, -0.05) is 30.8 Å². The molecule has 0 aliphatic carbocycles. The summed E-state index contributed by atoms with van der Waals surface area (Å²) < 4.78 is 0.733. The van der Waals surface area contributed by atoms with Gasteiger partial charge in [0.25, 0.3) is 5.91 Å². The summed E-state index contributed by atoms with van der Waals surface area (Å²) in [6, 6.07) is 22.5. The molecule has 7 nitrogen and oxygen atoms in total. The van der Waals surface area contributed by atoms with Crippen molar-refractivity contribution in [3.05, 3.63) is 116 Å². The van der Waals surface area contributed by atoms with Gasteiger partial charge in [-0.2, -0.15) is 0 Å². The van der Waals surface area contributed by atoms with Crippen molar-refractivity contribution in [2.24, 2.45) is 0 Å². The first kappa shape index (κ1) is 26.3. The molecule has 1 aliphatic rings. The molecule has 0 atom stereocenters. The number of carbonyl (C=O) groups is 1. The van der Waals surface area contributed by atoms with Gasteiger partial charge < -0.3 is 4.90 Å². The number of aromatic nitrogens is 3. The van der Waals surface area contributed by atoms with Crippen molar-refractivity contribution in [2.75, 3.05) is 29.9 Å². The maximum Gasteiger partial charge on any atom is 0.250 e. The Balaban J connectivity index is 1.47. The highest BCUT2D eigenvalue weighted by atomic mass is 16.2. The monoisotopic (exact) mass is 519 g/mol. The van der Waals surface area contributed by atoms with E-state index >= 15 is 0 Å². The van der Waals surface area contributed by atoms with Gasteiger partial charge in [0.1, 0.15) is 12.2 Å². The fourth-order valence-electron chi connectivity index (χ4n) is 5.49. The Morgan fingerprint density at radius 2 is 1.54 bits per heavy atom. The summed E-state index contributed by atoms with van der Waals surface area (Å²) in [5.74, 6) is 0.705. The number of nitrogens with zero attached hydrogens (tertiary/aromatic N) is 6. The lowest BCUT2D eigenvalue weighted by Gasteiger charge is -2.42. The van der Waals surface area contributed by atoms with Gasteiger partial charge in [0.15, 0.2) is 11.5 Å². The number of carbonyl (C=O) groups excluding carboxylic acids is 1. The van der Waals surface area contributed by atoms with Crippen LogP contribution in [0.3, 0.4) is 0 Å². The molecule has 2 aromatic carbocycles. The van der Waals surface area contributed by atoms with Crippen LogP contribution in [0.5, 0.6) is 0 Å². The highest BCUT2D eigenvalue weighted by Crippen LogP contribution is 2.39. The zero-order chi connectivity index (χ0) is 27.1. The largest absolute Gasteiger partial charge is 0.345 e. The molecule has 0 saturated carbocycles. The first-order valence-corrected chi connectivity index (χ1v) is 13.5. The second-order valence-corrected chi connectivity index (χ2v) is 10.0. The lowest BCUT2D eigenvalue weighted by molar-refractivity contribution is -0.114. The molecule has 1 aliphatic heterocycles. The number of benzene rings is 2. The van der Waals surface area contributed by atoms with Crippen LogP contribution in [0.4, 0.5) is 22.7 Å². The van der Waals surface area contributed by atoms with Gasteiger partial charge in [-0.3, -0.25) is 19.2 Å². The Morgan fingerprint density at radius 1 is 0.872 bits per heavy atom. The Labute approximate surface area is 230 Å². The molecule has 2 aromatic heterocycles. The number of hydrogen-bond donors (Lipinski definition) is 0. The van der Waals surface area contributed by atoms with Gasteiger partial charge >= 0.3 is 0 Å². The first-order chi connectivity index (χ1) is 19.1. The van der Waals surface area contributed by atoms with Gasteiger partial charge in [0.2, 0.25) is 0 Å². The van der Waals surface area contributed by atoms with E-state index < -0.39 is 0 Å². The third-order valence-electron chi connectivity index (χ3n) is 7.57. The maximum absolute atomic E-state index is 13.3. The Morgan fingerprint density at radius 3 is 2.23 bits per heavy atom. The van der Waals surface area contributed by atoms with Gasteiger partial charge in [-0.15, -0.1) is 0 Å². The molecule has 1 saturated heterocycles. The zero-order valence-corrected chi connectivity index (χ0v) is 22.5. The topological polar surface area (TPSA) is 62.2 Å². The SMILES string of the molecule is C=CC(=O)N(Cc1ccc(N(C)c2ccncc2)cc1)c1ccccc1[N+]1(Cc2ncccn2)CCCCC1. The molecule has 3 heterocycles. The molecule has 4 aromatic rings. The molecular weight excluding hydrogens is 484 g/mol. The minimum absolute atomic E-state index is 0.119. The predicted molar refractivity (Wildman–Crippen MR) is 158 cm³/mol. The van der Waals surface area contributed by atoms with Crippen LogP contribution in [-0.4, -0.2) is 41.0 Å². The maximum atomic E-state index is 13.3. The van der Waals surface area contributed by atoms with E-state index in [-0.39, 0.29) is 5.91 Å². The van der Waals surface area contributed by atoms with Crippen molar-refractivity contribution in [1.82, 2.24) is 19.4 Å². The second kappa shape index (κ2) is 12.0. The summed E-state index contributed by atoms with van der Waals surface area (Å²) in [5, 5.41) is 0.